The topological polar surface area (TPSA) is 26.0 Å². The van der Waals surface area contributed by atoms with Gasteiger partial charge in [0.05, 0.1) is 0 Å². The minimum atomic E-state index is 0.850. The highest BCUT2D eigenvalue weighted by atomic mass is 14.5. The maximum Gasteiger partial charge on any atom is 0.0314 e. The van der Waals surface area contributed by atoms with Gasteiger partial charge in [-0.15, -0.1) is 0 Å². The van der Waals surface area contributed by atoms with Gasteiger partial charge in [-0.1, -0.05) is 35.9 Å². The average Bonchev–Trinajstić information content (AvgIpc) is 2.46. The number of allylic oxidation sites excluding steroid dienone is 6. The third-order valence-electron chi connectivity index (χ3n) is 4.08. The van der Waals surface area contributed by atoms with Crippen molar-refractivity contribution in [3.63, 3.8) is 0 Å². The summed E-state index contributed by atoms with van der Waals surface area (Å²) in [5.74, 6) is 0. The summed E-state index contributed by atoms with van der Waals surface area (Å²) >= 11 is 0. The van der Waals surface area contributed by atoms with Crippen molar-refractivity contribution < 1.29 is 0 Å². The first-order valence-electron chi connectivity index (χ1n) is 7.25. The molecule has 1 aromatic rings. The summed E-state index contributed by atoms with van der Waals surface area (Å²) in [5.41, 5.74) is 12.6. The van der Waals surface area contributed by atoms with Gasteiger partial charge in [-0.3, -0.25) is 0 Å². The number of fused-ring (bicyclic) bond motifs is 1. The van der Waals surface area contributed by atoms with Crippen LogP contribution in [0.15, 0.2) is 59.2 Å². The number of hydrogen-bond donors (Lipinski definition) is 1. The predicted molar refractivity (Wildman–Crippen MR) is 81.9 cm³/mol. The van der Waals surface area contributed by atoms with E-state index in [-0.39, 0.29) is 0 Å². The van der Waals surface area contributed by atoms with Crippen LogP contribution in [-0.4, -0.2) is 0 Å². The summed E-state index contributed by atoms with van der Waals surface area (Å²) in [6, 6.07) is 8.28. The van der Waals surface area contributed by atoms with Crippen molar-refractivity contribution in [2.75, 3.05) is 5.73 Å². The number of benzene rings is 1. The van der Waals surface area contributed by atoms with Gasteiger partial charge >= 0.3 is 0 Å². The van der Waals surface area contributed by atoms with Gasteiger partial charge in [-0.25, -0.2) is 0 Å². The molecule has 1 nitrogen and oxygen atoms in total. The Morgan fingerprint density at radius 3 is 2.53 bits per heavy atom. The SMILES string of the molecule is Nc1ccc(CCC2=CC3=CCCC=C3CC2)cc1. The largest absolute Gasteiger partial charge is 0.399 e. The zero-order valence-electron chi connectivity index (χ0n) is 11.4. The van der Waals surface area contributed by atoms with E-state index in [0.717, 1.165) is 12.1 Å². The Morgan fingerprint density at radius 2 is 1.68 bits per heavy atom. The maximum absolute atomic E-state index is 5.71. The second-order valence-corrected chi connectivity index (χ2v) is 5.51. The number of anilines is 1. The third-order valence-corrected chi connectivity index (χ3v) is 4.08. The van der Waals surface area contributed by atoms with E-state index in [1.165, 1.54) is 43.2 Å². The molecule has 0 spiro atoms. The van der Waals surface area contributed by atoms with Gasteiger partial charge < -0.3 is 5.73 Å². The third kappa shape index (κ3) is 2.98. The van der Waals surface area contributed by atoms with Crippen LogP contribution >= 0.6 is 0 Å². The molecule has 0 amide bonds. The fraction of sp³-hybridized carbons (Fsp3) is 0.333. The van der Waals surface area contributed by atoms with E-state index in [1.807, 2.05) is 12.1 Å². The van der Waals surface area contributed by atoms with Crippen LogP contribution in [0.2, 0.25) is 0 Å². The lowest BCUT2D eigenvalue weighted by atomic mass is 9.84. The number of aryl methyl sites for hydroxylation is 1. The Hall–Kier alpha value is -1.76. The molecule has 2 aliphatic rings. The van der Waals surface area contributed by atoms with E-state index in [1.54, 1.807) is 11.1 Å². The molecular formula is C18H21N. The Kier molecular flexibility index (Phi) is 3.54. The van der Waals surface area contributed by atoms with Gasteiger partial charge in [0, 0.05) is 5.69 Å². The van der Waals surface area contributed by atoms with E-state index in [4.69, 9.17) is 5.73 Å². The van der Waals surface area contributed by atoms with Crippen molar-refractivity contribution in [3.8, 4) is 0 Å². The summed E-state index contributed by atoms with van der Waals surface area (Å²) < 4.78 is 0. The lowest BCUT2D eigenvalue weighted by Crippen LogP contribution is -2.02. The minimum absolute atomic E-state index is 0.850. The number of rotatable bonds is 3. The Bertz CT molecular complexity index is 544. The molecule has 2 N–H and O–H groups in total. The van der Waals surface area contributed by atoms with Crippen LogP contribution in [0.4, 0.5) is 5.69 Å². The number of nitrogen functional groups attached to an aromatic ring is 1. The maximum atomic E-state index is 5.71. The van der Waals surface area contributed by atoms with Gasteiger partial charge in [-0.05, 0) is 67.4 Å². The molecule has 0 heterocycles. The highest BCUT2D eigenvalue weighted by molar-refractivity contribution is 5.46. The summed E-state index contributed by atoms with van der Waals surface area (Å²) in [4.78, 5) is 0. The van der Waals surface area contributed by atoms with Crippen molar-refractivity contribution in [3.05, 3.63) is 64.8 Å². The van der Waals surface area contributed by atoms with E-state index < -0.39 is 0 Å². The second-order valence-electron chi connectivity index (χ2n) is 5.51. The first-order chi connectivity index (χ1) is 9.31. The van der Waals surface area contributed by atoms with Gasteiger partial charge in [0.2, 0.25) is 0 Å². The van der Waals surface area contributed by atoms with Gasteiger partial charge in [-0.2, -0.15) is 0 Å². The molecule has 98 valence electrons. The quantitative estimate of drug-likeness (QED) is 0.782. The summed E-state index contributed by atoms with van der Waals surface area (Å²) in [5, 5.41) is 0. The molecule has 1 aromatic carbocycles. The van der Waals surface area contributed by atoms with Crippen LogP contribution in [0.3, 0.4) is 0 Å². The molecule has 0 aliphatic heterocycles. The van der Waals surface area contributed by atoms with Crippen LogP contribution in [0.25, 0.3) is 0 Å². The highest BCUT2D eigenvalue weighted by Gasteiger charge is 2.14. The molecular weight excluding hydrogens is 230 g/mol. The van der Waals surface area contributed by atoms with E-state index in [9.17, 15) is 0 Å². The monoisotopic (exact) mass is 251 g/mol. The smallest absolute Gasteiger partial charge is 0.0314 e. The van der Waals surface area contributed by atoms with Crippen LogP contribution in [0.1, 0.15) is 37.7 Å². The minimum Gasteiger partial charge on any atom is -0.399 e. The number of nitrogens with two attached hydrogens (primary N) is 1. The lowest BCUT2D eigenvalue weighted by Gasteiger charge is -2.21. The molecule has 19 heavy (non-hydrogen) atoms. The van der Waals surface area contributed by atoms with Gasteiger partial charge in [0.1, 0.15) is 0 Å². The molecule has 0 saturated heterocycles. The van der Waals surface area contributed by atoms with E-state index in [0.29, 0.717) is 0 Å². The summed E-state index contributed by atoms with van der Waals surface area (Å²) in [7, 11) is 0. The zero-order chi connectivity index (χ0) is 13.1. The van der Waals surface area contributed by atoms with Crippen molar-refractivity contribution in [1.82, 2.24) is 0 Å². The Balaban J connectivity index is 1.64. The fourth-order valence-electron chi connectivity index (χ4n) is 2.92. The van der Waals surface area contributed by atoms with Crippen molar-refractivity contribution in [1.29, 1.82) is 0 Å². The van der Waals surface area contributed by atoms with E-state index in [2.05, 4.69) is 30.4 Å². The molecule has 0 saturated carbocycles. The molecule has 0 aromatic heterocycles. The Morgan fingerprint density at radius 1 is 0.895 bits per heavy atom. The van der Waals surface area contributed by atoms with Crippen LogP contribution in [0.5, 0.6) is 0 Å². The molecule has 0 atom stereocenters. The van der Waals surface area contributed by atoms with Crippen molar-refractivity contribution in [2.45, 2.75) is 38.5 Å². The van der Waals surface area contributed by atoms with Crippen LogP contribution < -0.4 is 5.73 Å². The first kappa shape index (κ1) is 12.3. The summed E-state index contributed by atoms with van der Waals surface area (Å²) in [6.45, 7) is 0. The predicted octanol–water partition coefficient (Wildman–Crippen LogP) is 4.57. The molecule has 0 unspecified atom stereocenters. The highest BCUT2D eigenvalue weighted by Crippen LogP contribution is 2.32. The molecule has 0 fully saturated rings. The molecule has 3 rings (SSSR count). The van der Waals surface area contributed by atoms with Crippen molar-refractivity contribution in [2.24, 2.45) is 0 Å². The first-order valence-corrected chi connectivity index (χ1v) is 7.25. The van der Waals surface area contributed by atoms with Crippen molar-refractivity contribution >= 4 is 5.69 Å². The van der Waals surface area contributed by atoms with Crippen LogP contribution in [-0.2, 0) is 6.42 Å². The Labute approximate surface area is 115 Å². The van der Waals surface area contributed by atoms with Gasteiger partial charge in [0.15, 0.2) is 0 Å². The van der Waals surface area contributed by atoms with Gasteiger partial charge in [0.25, 0.3) is 0 Å². The molecule has 2 aliphatic carbocycles. The summed E-state index contributed by atoms with van der Waals surface area (Å²) in [6.07, 6.45) is 14.4. The fourth-order valence-corrected chi connectivity index (χ4v) is 2.92. The second kappa shape index (κ2) is 5.48. The molecule has 0 bridgehead atoms. The zero-order valence-corrected chi connectivity index (χ0v) is 11.4. The normalized spacial score (nSPS) is 18.2. The average molecular weight is 251 g/mol. The van der Waals surface area contributed by atoms with Crippen LogP contribution in [0, 0.1) is 0 Å². The molecule has 1 heteroatoms. The van der Waals surface area contributed by atoms with E-state index >= 15 is 0 Å². The molecule has 0 radical (unpaired) electrons. The number of hydrogen-bond acceptors (Lipinski definition) is 1. The standard InChI is InChI=1S/C18H21N/c19-18-11-8-14(9-12-18)5-6-15-7-10-16-3-1-2-4-17(16)13-15/h3-4,8-9,11-13H,1-2,5-7,10,19H2. The lowest BCUT2D eigenvalue weighted by molar-refractivity contribution is 0.800.